The molecule has 6 nitrogen and oxygen atoms in total. The Morgan fingerprint density at radius 1 is 1.12 bits per heavy atom. The minimum Gasteiger partial charge on any atom is -0.478 e. The largest absolute Gasteiger partial charge is 0.478 e. The van der Waals surface area contributed by atoms with Crippen LogP contribution in [0.1, 0.15) is 29.4 Å². The van der Waals surface area contributed by atoms with E-state index in [9.17, 15) is 4.79 Å². The van der Waals surface area contributed by atoms with Gasteiger partial charge in [-0.2, -0.15) is 0 Å². The van der Waals surface area contributed by atoms with Crippen molar-refractivity contribution in [1.82, 2.24) is 15.0 Å². The van der Waals surface area contributed by atoms with Crippen LogP contribution in [0, 0.1) is 0 Å². The fourth-order valence-electron chi connectivity index (χ4n) is 2.45. The highest BCUT2D eigenvalue weighted by Gasteiger charge is 2.08. The average Bonchev–Trinajstić information content (AvgIpc) is 2.63. The van der Waals surface area contributed by atoms with E-state index in [0.29, 0.717) is 17.3 Å². The van der Waals surface area contributed by atoms with Gasteiger partial charge in [0.2, 0.25) is 0 Å². The Bertz CT molecular complexity index is 882. The third kappa shape index (κ3) is 4.17. The minimum atomic E-state index is -0.963. The number of carboxylic acid groups (broad SMARTS) is 1. The number of pyridine rings is 1. The van der Waals surface area contributed by atoms with Gasteiger partial charge >= 0.3 is 5.97 Å². The molecule has 0 aliphatic carbocycles. The molecule has 0 saturated carbocycles. The summed E-state index contributed by atoms with van der Waals surface area (Å²) in [4.78, 5) is 24.3. The molecular weight excluding hydrogens is 316 g/mol. The fourth-order valence-corrected chi connectivity index (χ4v) is 2.45. The van der Waals surface area contributed by atoms with E-state index in [-0.39, 0.29) is 5.56 Å². The molecule has 6 heteroatoms. The molecule has 25 heavy (non-hydrogen) atoms. The Balaban J connectivity index is 1.96. The first-order valence-corrected chi connectivity index (χ1v) is 8.04. The monoisotopic (exact) mass is 334 g/mol. The van der Waals surface area contributed by atoms with Crippen LogP contribution in [0.5, 0.6) is 0 Å². The van der Waals surface area contributed by atoms with E-state index in [4.69, 9.17) is 5.11 Å². The highest BCUT2D eigenvalue weighted by atomic mass is 16.4. The van der Waals surface area contributed by atoms with Gasteiger partial charge in [-0.05, 0) is 36.8 Å². The zero-order valence-electron chi connectivity index (χ0n) is 13.8. The molecule has 2 aromatic heterocycles. The van der Waals surface area contributed by atoms with Gasteiger partial charge in [-0.15, -0.1) is 0 Å². The second-order valence-electron chi connectivity index (χ2n) is 5.56. The summed E-state index contributed by atoms with van der Waals surface area (Å²) in [6, 6.07) is 12.2. The third-order valence-corrected chi connectivity index (χ3v) is 3.61. The van der Waals surface area contributed by atoms with Gasteiger partial charge in [-0.25, -0.2) is 14.8 Å². The molecule has 0 amide bonds. The van der Waals surface area contributed by atoms with Crippen molar-refractivity contribution >= 4 is 17.5 Å². The lowest BCUT2D eigenvalue weighted by Crippen LogP contribution is -2.02. The van der Waals surface area contributed by atoms with Crippen molar-refractivity contribution in [1.29, 1.82) is 0 Å². The first-order valence-electron chi connectivity index (χ1n) is 8.04. The van der Waals surface area contributed by atoms with E-state index in [0.717, 1.165) is 24.1 Å². The predicted molar refractivity (Wildman–Crippen MR) is 95.9 cm³/mol. The fraction of sp³-hybridized carbons (Fsp3) is 0.158. The highest BCUT2D eigenvalue weighted by molar-refractivity contribution is 5.89. The zero-order chi connectivity index (χ0) is 17.6. The molecule has 0 bridgehead atoms. The number of nitrogens with zero attached hydrogens (tertiary/aromatic N) is 3. The standard InChI is InChI=1S/C19H18N4O2/c1-2-4-15-12-17(21-16-6-3-5-14(11-16)19(24)25)23-18(22-15)13-7-9-20-10-8-13/h3,5-12H,2,4H2,1H3,(H,24,25)(H,21,22,23). The number of aryl methyl sites for hydroxylation is 1. The lowest BCUT2D eigenvalue weighted by Gasteiger charge is -2.10. The number of carboxylic acids is 1. The molecule has 0 radical (unpaired) electrons. The number of hydrogen-bond donors (Lipinski definition) is 2. The summed E-state index contributed by atoms with van der Waals surface area (Å²) >= 11 is 0. The van der Waals surface area contributed by atoms with Gasteiger partial charge in [0.05, 0.1) is 5.56 Å². The van der Waals surface area contributed by atoms with Crippen molar-refractivity contribution < 1.29 is 9.90 Å². The molecule has 3 aromatic rings. The van der Waals surface area contributed by atoms with Crippen molar-refractivity contribution in [3.05, 3.63) is 66.1 Å². The summed E-state index contributed by atoms with van der Waals surface area (Å²) in [6.45, 7) is 2.09. The molecule has 2 N–H and O–H groups in total. The van der Waals surface area contributed by atoms with Gasteiger partial charge in [0, 0.05) is 35.4 Å². The summed E-state index contributed by atoms with van der Waals surface area (Å²) in [5, 5.41) is 12.3. The van der Waals surface area contributed by atoms with Crippen molar-refractivity contribution in [3.8, 4) is 11.4 Å². The van der Waals surface area contributed by atoms with Gasteiger partial charge in [0.1, 0.15) is 5.82 Å². The number of rotatable bonds is 6. The Hall–Kier alpha value is -3.28. The number of nitrogens with one attached hydrogen (secondary N) is 1. The number of anilines is 2. The summed E-state index contributed by atoms with van der Waals surface area (Å²) < 4.78 is 0. The number of carbonyl (C=O) groups is 1. The lowest BCUT2D eigenvalue weighted by atomic mass is 10.2. The lowest BCUT2D eigenvalue weighted by molar-refractivity contribution is 0.0697. The van der Waals surface area contributed by atoms with Crippen LogP contribution in [0.25, 0.3) is 11.4 Å². The van der Waals surface area contributed by atoms with Crippen LogP contribution in [0.15, 0.2) is 54.9 Å². The molecule has 0 aliphatic rings. The van der Waals surface area contributed by atoms with E-state index in [1.54, 1.807) is 36.7 Å². The van der Waals surface area contributed by atoms with Crippen LogP contribution in [-0.4, -0.2) is 26.0 Å². The molecule has 0 spiro atoms. The third-order valence-electron chi connectivity index (χ3n) is 3.61. The average molecular weight is 334 g/mol. The van der Waals surface area contributed by atoms with E-state index < -0.39 is 5.97 Å². The molecule has 0 atom stereocenters. The number of aromatic nitrogens is 3. The number of benzene rings is 1. The molecule has 2 heterocycles. The molecule has 126 valence electrons. The Morgan fingerprint density at radius 3 is 2.64 bits per heavy atom. The SMILES string of the molecule is CCCc1cc(Nc2cccc(C(=O)O)c2)nc(-c2ccncc2)n1. The van der Waals surface area contributed by atoms with Gasteiger partial charge in [0.15, 0.2) is 5.82 Å². The molecule has 0 saturated heterocycles. The van der Waals surface area contributed by atoms with Crippen LogP contribution in [-0.2, 0) is 6.42 Å². The number of hydrogen-bond acceptors (Lipinski definition) is 5. The molecule has 0 aliphatic heterocycles. The molecule has 3 rings (SSSR count). The smallest absolute Gasteiger partial charge is 0.335 e. The Morgan fingerprint density at radius 2 is 1.92 bits per heavy atom. The molecular formula is C19H18N4O2. The van der Waals surface area contributed by atoms with Gasteiger partial charge < -0.3 is 10.4 Å². The summed E-state index contributed by atoms with van der Waals surface area (Å²) in [5.74, 6) is 0.286. The summed E-state index contributed by atoms with van der Waals surface area (Å²) in [5.41, 5.74) is 2.71. The van der Waals surface area contributed by atoms with Gasteiger partial charge in [-0.1, -0.05) is 19.4 Å². The maximum atomic E-state index is 11.1. The molecule has 1 aromatic carbocycles. The van der Waals surface area contributed by atoms with E-state index in [1.165, 1.54) is 0 Å². The van der Waals surface area contributed by atoms with E-state index >= 15 is 0 Å². The summed E-state index contributed by atoms with van der Waals surface area (Å²) in [7, 11) is 0. The van der Waals surface area contributed by atoms with Crippen molar-refractivity contribution in [2.45, 2.75) is 19.8 Å². The van der Waals surface area contributed by atoms with Gasteiger partial charge in [-0.3, -0.25) is 4.98 Å². The first-order chi connectivity index (χ1) is 12.2. The topological polar surface area (TPSA) is 88.0 Å². The van der Waals surface area contributed by atoms with E-state index in [2.05, 4.69) is 27.2 Å². The van der Waals surface area contributed by atoms with Crippen molar-refractivity contribution in [2.75, 3.05) is 5.32 Å². The maximum Gasteiger partial charge on any atom is 0.335 e. The second-order valence-corrected chi connectivity index (χ2v) is 5.56. The Kier molecular flexibility index (Phi) is 4.99. The van der Waals surface area contributed by atoms with Crippen LogP contribution < -0.4 is 5.32 Å². The number of aromatic carboxylic acids is 1. The maximum absolute atomic E-state index is 11.1. The van der Waals surface area contributed by atoms with Crippen molar-refractivity contribution in [2.24, 2.45) is 0 Å². The quantitative estimate of drug-likeness (QED) is 0.710. The Labute approximate surface area is 145 Å². The van der Waals surface area contributed by atoms with Crippen LogP contribution >= 0.6 is 0 Å². The molecule has 0 unspecified atom stereocenters. The second kappa shape index (κ2) is 7.53. The zero-order valence-corrected chi connectivity index (χ0v) is 13.8. The van der Waals surface area contributed by atoms with Crippen LogP contribution in [0.2, 0.25) is 0 Å². The predicted octanol–water partition coefficient (Wildman–Crippen LogP) is 3.93. The minimum absolute atomic E-state index is 0.224. The first kappa shape index (κ1) is 16.6. The molecule has 0 fully saturated rings. The highest BCUT2D eigenvalue weighted by Crippen LogP contribution is 2.21. The van der Waals surface area contributed by atoms with Gasteiger partial charge in [0.25, 0.3) is 0 Å². The van der Waals surface area contributed by atoms with E-state index in [1.807, 2.05) is 18.2 Å². The van der Waals surface area contributed by atoms with Crippen LogP contribution in [0.3, 0.4) is 0 Å². The van der Waals surface area contributed by atoms with Crippen LogP contribution in [0.4, 0.5) is 11.5 Å². The normalized spacial score (nSPS) is 10.4. The van der Waals surface area contributed by atoms with Crippen molar-refractivity contribution in [3.63, 3.8) is 0 Å². The summed E-state index contributed by atoms with van der Waals surface area (Å²) in [6.07, 6.45) is 5.22.